The van der Waals surface area contributed by atoms with Gasteiger partial charge in [-0.15, -0.1) is 0 Å². The van der Waals surface area contributed by atoms with E-state index in [-0.39, 0.29) is 26.1 Å². The van der Waals surface area contributed by atoms with Crippen LogP contribution in [0.15, 0.2) is 0 Å². The molecule has 0 radical (unpaired) electrons. The van der Waals surface area contributed by atoms with Crippen molar-refractivity contribution in [2.24, 2.45) is 0 Å². The van der Waals surface area contributed by atoms with Crippen molar-refractivity contribution in [3.8, 4) is 0 Å². The van der Waals surface area contributed by atoms with Gasteiger partial charge in [0.2, 0.25) is 0 Å². The summed E-state index contributed by atoms with van der Waals surface area (Å²) >= 11 is 0. The maximum absolute atomic E-state index is 13.0. The monoisotopic (exact) mass is 907 g/mol. The summed E-state index contributed by atoms with van der Waals surface area (Å²) < 4.78 is 33.5. The van der Waals surface area contributed by atoms with E-state index in [9.17, 15) is 45.3 Å². The molecule has 0 spiro atoms. The van der Waals surface area contributed by atoms with Crippen LogP contribution >= 0.6 is 0 Å². The minimum Gasteiger partial charge on any atom is -0.462 e. The molecule has 15 nitrogen and oxygen atoms in total. The van der Waals surface area contributed by atoms with E-state index in [0.717, 1.165) is 38.5 Å². The lowest BCUT2D eigenvalue weighted by molar-refractivity contribution is -0.332. The van der Waals surface area contributed by atoms with Crippen LogP contribution in [0.2, 0.25) is 0 Å². The van der Waals surface area contributed by atoms with E-state index >= 15 is 0 Å². The van der Waals surface area contributed by atoms with Crippen molar-refractivity contribution in [1.29, 1.82) is 0 Å². The number of carbonyl (C=O) groups is 2. The first-order valence-corrected chi connectivity index (χ1v) is 25.1. The number of unbranched alkanes of at least 4 members (excludes halogenated alkanes) is 25. The normalized spacial score (nSPS) is 26.7. The molecule has 0 aromatic carbocycles. The molecule has 2 rings (SSSR count). The lowest BCUT2D eigenvalue weighted by Gasteiger charge is -2.42. The molecule has 2 saturated heterocycles. The number of esters is 2. The number of aliphatic hydroxyl groups excluding tert-OH is 7. The number of aliphatic hydroxyl groups is 7. The Morgan fingerprint density at radius 1 is 0.444 bits per heavy atom. The molecule has 2 aliphatic heterocycles. The zero-order valence-corrected chi connectivity index (χ0v) is 39.1. The van der Waals surface area contributed by atoms with Gasteiger partial charge in [-0.1, -0.05) is 174 Å². The van der Waals surface area contributed by atoms with E-state index in [1.54, 1.807) is 0 Å². The average molecular weight is 907 g/mol. The summed E-state index contributed by atoms with van der Waals surface area (Å²) in [4.78, 5) is 25.6. The maximum atomic E-state index is 13.0. The smallest absolute Gasteiger partial charge is 0.306 e. The van der Waals surface area contributed by atoms with Gasteiger partial charge in [-0.25, -0.2) is 0 Å². The SMILES string of the molecule is CCCCCCCCCCCCCCCCCCCCCC(=O)OC(COC(=O)CCCCCCCCCC)COC1OC(COC2OC(CO)C(O)C(O)C2O)C(O)C(O)C1O. The third kappa shape index (κ3) is 25.3. The molecule has 11 atom stereocenters. The highest BCUT2D eigenvalue weighted by Crippen LogP contribution is 2.26. The van der Waals surface area contributed by atoms with Gasteiger partial charge in [0.1, 0.15) is 55.4 Å². The van der Waals surface area contributed by atoms with Gasteiger partial charge in [-0.3, -0.25) is 9.59 Å². The quantitative estimate of drug-likeness (QED) is 0.0260. The van der Waals surface area contributed by atoms with Crippen LogP contribution in [0.1, 0.15) is 200 Å². The van der Waals surface area contributed by atoms with Crippen LogP contribution in [0.4, 0.5) is 0 Å². The van der Waals surface area contributed by atoms with Crippen molar-refractivity contribution in [2.45, 2.75) is 268 Å². The molecule has 15 heteroatoms. The van der Waals surface area contributed by atoms with Crippen LogP contribution in [-0.2, 0) is 38.0 Å². The Kier molecular flexibility index (Phi) is 33.5. The second kappa shape index (κ2) is 36.6. The third-order valence-electron chi connectivity index (χ3n) is 12.3. The third-order valence-corrected chi connectivity index (χ3v) is 12.3. The van der Waals surface area contributed by atoms with E-state index in [1.165, 1.54) is 122 Å². The Balaban J connectivity index is 1.77. The Hall–Kier alpha value is -1.50. The van der Waals surface area contributed by atoms with E-state index < -0.39 is 92.7 Å². The van der Waals surface area contributed by atoms with Gasteiger partial charge in [-0.2, -0.15) is 0 Å². The highest BCUT2D eigenvalue weighted by molar-refractivity contribution is 5.70. The first-order valence-electron chi connectivity index (χ1n) is 25.1. The van der Waals surface area contributed by atoms with Gasteiger partial charge in [0.05, 0.1) is 19.8 Å². The fourth-order valence-corrected chi connectivity index (χ4v) is 8.16. The van der Waals surface area contributed by atoms with Crippen molar-refractivity contribution in [3.05, 3.63) is 0 Å². The molecule has 372 valence electrons. The second-order valence-electron chi connectivity index (χ2n) is 18.0. The summed E-state index contributed by atoms with van der Waals surface area (Å²) in [7, 11) is 0. The highest BCUT2D eigenvalue weighted by Gasteiger charge is 2.47. The molecule has 0 saturated carbocycles. The summed E-state index contributed by atoms with van der Waals surface area (Å²) in [6, 6.07) is 0. The molecule has 0 bridgehead atoms. The fraction of sp³-hybridized carbons (Fsp3) is 0.958. The Labute approximate surface area is 378 Å². The predicted octanol–water partition coefficient (Wildman–Crippen LogP) is 6.43. The molecule has 11 unspecified atom stereocenters. The van der Waals surface area contributed by atoms with E-state index in [0.29, 0.717) is 12.8 Å². The summed E-state index contributed by atoms with van der Waals surface area (Å²) in [6.07, 6.45) is 15.9. The molecule has 2 heterocycles. The first kappa shape index (κ1) is 57.6. The number of hydrogen-bond donors (Lipinski definition) is 7. The molecule has 2 aliphatic rings. The molecular weight excluding hydrogens is 817 g/mol. The Bertz CT molecular complexity index is 1110. The van der Waals surface area contributed by atoms with Crippen LogP contribution in [-0.4, -0.2) is 142 Å². The van der Waals surface area contributed by atoms with Crippen molar-refractivity contribution in [1.82, 2.24) is 0 Å². The average Bonchev–Trinajstić information content (AvgIpc) is 3.28. The van der Waals surface area contributed by atoms with E-state index in [4.69, 9.17) is 28.4 Å². The summed E-state index contributed by atoms with van der Waals surface area (Å²) in [6.45, 7) is 2.58. The molecule has 0 aromatic rings. The zero-order chi connectivity index (χ0) is 46.1. The van der Waals surface area contributed by atoms with Crippen molar-refractivity contribution in [3.63, 3.8) is 0 Å². The molecule has 63 heavy (non-hydrogen) atoms. The summed E-state index contributed by atoms with van der Waals surface area (Å²) in [5.41, 5.74) is 0. The first-order chi connectivity index (χ1) is 30.5. The number of hydrogen-bond acceptors (Lipinski definition) is 15. The number of carbonyl (C=O) groups excluding carboxylic acids is 2. The molecule has 2 fully saturated rings. The molecular formula is C48H90O15. The van der Waals surface area contributed by atoms with E-state index in [1.807, 2.05) is 0 Å². The molecule has 7 N–H and O–H groups in total. The van der Waals surface area contributed by atoms with Gasteiger partial charge < -0.3 is 64.2 Å². The predicted molar refractivity (Wildman–Crippen MR) is 238 cm³/mol. The minimum atomic E-state index is -1.76. The lowest BCUT2D eigenvalue weighted by Crippen LogP contribution is -2.61. The fourth-order valence-electron chi connectivity index (χ4n) is 8.16. The molecule has 0 aromatic heterocycles. The van der Waals surface area contributed by atoms with Gasteiger partial charge in [0.25, 0.3) is 0 Å². The van der Waals surface area contributed by atoms with Crippen molar-refractivity contribution in [2.75, 3.05) is 26.4 Å². The maximum Gasteiger partial charge on any atom is 0.306 e. The largest absolute Gasteiger partial charge is 0.462 e. The lowest BCUT2D eigenvalue weighted by atomic mass is 9.98. The van der Waals surface area contributed by atoms with Gasteiger partial charge >= 0.3 is 11.9 Å². The van der Waals surface area contributed by atoms with Gasteiger partial charge in [0, 0.05) is 12.8 Å². The zero-order valence-electron chi connectivity index (χ0n) is 39.1. The second-order valence-corrected chi connectivity index (χ2v) is 18.0. The molecule has 0 amide bonds. The van der Waals surface area contributed by atoms with Crippen LogP contribution in [0, 0.1) is 0 Å². The number of rotatable bonds is 39. The Morgan fingerprint density at radius 3 is 1.24 bits per heavy atom. The van der Waals surface area contributed by atoms with Crippen molar-refractivity contribution >= 4 is 11.9 Å². The standard InChI is InChI=1S/C48H90O15/c1-3-5-7-9-11-13-14-15-16-17-18-19-20-21-22-23-25-27-29-31-40(51)61-36(33-58-39(50)30-28-26-24-12-10-8-6-4-2)34-59-47-46(57)44(55)42(53)38(63-47)35-60-48-45(56)43(54)41(52)37(32-49)62-48/h36-38,41-49,52-57H,3-35H2,1-2H3. The minimum absolute atomic E-state index is 0.173. The topological polar surface area (TPSA) is 231 Å². The Morgan fingerprint density at radius 2 is 0.810 bits per heavy atom. The summed E-state index contributed by atoms with van der Waals surface area (Å²) in [5, 5.41) is 71.9. The van der Waals surface area contributed by atoms with Crippen LogP contribution in [0.5, 0.6) is 0 Å². The van der Waals surface area contributed by atoms with E-state index in [2.05, 4.69) is 13.8 Å². The summed E-state index contributed by atoms with van der Waals surface area (Å²) in [5.74, 6) is -0.917. The van der Waals surface area contributed by atoms with Gasteiger partial charge in [-0.05, 0) is 12.8 Å². The van der Waals surface area contributed by atoms with Crippen LogP contribution in [0.25, 0.3) is 0 Å². The number of ether oxygens (including phenoxy) is 6. The van der Waals surface area contributed by atoms with Crippen LogP contribution in [0.3, 0.4) is 0 Å². The van der Waals surface area contributed by atoms with Crippen molar-refractivity contribution < 1.29 is 73.8 Å². The van der Waals surface area contributed by atoms with Crippen LogP contribution < -0.4 is 0 Å². The van der Waals surface area contributed by atoms with Gasteiger partial charge in [0.15, 0.2) is 18.7 Å². The highest BCUT2D eigenvalue weighted by atomic mass is 16.7. The molecule has 0 aliphatic carbocycles.